The summed E-state index contributed by atoms with van der Waals surface area (Å²) in [6.45, 7) is 2.50. The first-order valence-electron chi connectivity index (χ1n) is 1.72. The molecule has 0 aromatic carbocycles. The lowest BCUT2D eigenvalue weighted by molar-refractivity contribution is 0.436. The monoisotopic (exact) mass is 124 g/mol. The van der Waals surface area contributed by atoms with E-state index in [4.69, 9.17) is 13.3 Å². The molecule has 1 unspecified atom stereocenters. The summed E-state index contributed by atoms with van der Waals surface area (Å²) >= 11 is -2.86. The molecule has 0 aromatic rings. The summed E-state index contributed by atoms with van der Waals surface area (Å²) < 4.78 is 24.1. The smallest absolute Gasteiger partial charge is 0.0814 e. The molecule has 0 radical (unpaired) electrons. The third-order valence-corrected chi connectivity index (χ3v) is 0.250. The number of rotatable bonds is 0. The van der Waals surface area contributed by atoms with Crippen LogP contribution in [0, 0.1) is 0 Å². The van der Waals surface area contributed by atoms with Crippen molar-refractivity contribution in [3.63, 3.8) is 0 Å². The molecule has 1 heterocycles. The lowest BCUT2D eigenvalue weighted by Gasteiger charge is -1.83. The molecule has 0 spiro atoms. The Bertz CT molecular complexity index is 57.2. The minimum Gasteiger partial charge on any atom is -0.750 e. The molecule has 0 aromatic heterocycles. The van der Waals surface area contributed by atoms with E-state index in [1.807, 2.05) is 0 Å². The van der Waals surface area contributed by atoms with E-state index in [2.05, 4.69) is 5.32 Å². The van der Waals surface area contributed by atoms with Crippen LogP contribution in [-0.2, 0) is 11.4 Å². The van der Waals surface area contributed by atoms with Crippen LogP contribution in [0.5, 0.6) is 0 Å². The van der Waals surface area contributed by atoms with Crippen molar-refractivity contribution < 1.29 is 13.3 Å². The van der Waals surface area contributed by atoms with E-state index in [1.165, 1.54) is 13.1 Å². The Balaban J connectivity index is 0.000000105. The Labute approximate surface area is 44.0 Å². The summed E-state index contributed by atoms with van der Waals surface area (Å²) in [5.74, 6) is 0. The Morgan fingerprint density at radius 3 is 1.86 bits per heavy atom. The van der Waals surface area contributed by atoms with Gasteiger partial charge in [0.05, 0.1) is 11.4 Å². The maximum absolute atomic E-state index is 8.56. The third kappa shape index (κ3) is 92.3. The first-order chi connectivity index (χ1) is 3.23. The van der Waals surface area contributed by atoms with Crippen LogP contribution >= 0.6 is 0 Å². The quantitative estimate of drug-likeness (QED) is 0.318. The Morgan fingerprint density at radius 2 is 1.86 bits per heavy atom. The Morgan fingerprint density at radius 1 is 1.71 bits per heavy atom. The van der Waals surface area contributed by atoms with Gasteiger partial charge < -0.3 is 14.4 Å². The van der Waals surface area contributed by atoms with E-state index >= 15 is 0 Å². The molecule has 1 saturated heterocycles. The highest BCUT2D eigenvalue weighted by molar-refractivity contribution is 7.73. The fourth-order valence-electron chi connectivity index (χ4n) is 0. The molecule has 1 fully saturated rings. The third-order valence-electron chi connectivity index (χ3n) is 0.250. The highest BCUT2D eigenvalue weighted by atomic mass is 32.2. The zero-order valence-electron chi connectivity index (χ0n) is 3.59. The molecule has 0 bridgehead atoms. The van der Waals surface area contributed by atoms with Gasteiger partial charge in [0.15, 0.2) is 0 Å². The molecule has 1 aliphatic rings. The summed E-state index contributed by atoms with van der Waals surface area (Å²) in [7, 11) is 0. The first-order valence-corrected chi connectivity index (χ1v) is 2.75. The van der Waals surface area contributed by atoms with Gasteiger partial charge in [0.2, 0.25) is 0 Å². The minimum atomic E-state index is -2.86. The molecule has 44 valence electrons. The Kier molecular flexibility index (Phi) is 4.21. The van der Waals surface area contributed by atoms with Gasteiger partial charge >= 0.3 is 0 Å². The SMILES string of the molecule is C1CN1.O=S([O-])O. The summed E-state index contributed by atoms with van der Waals surface area (Å²) in [4.78, 5) is 0. The second-order valence-corrected chi connectivity index (χ2v) is 1.40. The number of hydrogen-bond donors (Lipinski definition) is 2. The van der Waals surface area contributed by atoms with Gasteiger partial charge in [-0.1, -0.05) is 0 Å². The van der Waals surface area contributed by atoms with Crippen molar-refractivity contribution in [2.45, 2.75) is 0 Å². The second-order valence-electron chi connectivity index (χ2n) is 0.967. The number of nitrogens with one attached hydrogen (secondary N) is 1. The topological polar surface area (TPSA) is 82.3 Å². The normalized spacial score (nSPS) is 19.1. The van der Waals surface area contributed by atoms with Gasteiger partial charge in [0, 0.05) is 13.1 Å². The average Bonchev–Trinajstić information content (AvgIpc) is 2.02. The summed E-state index contributed by atoms with van der Waals surface area (Å²) in [5, 5.41) is 3.00. The summed E-state index contributed by atoms with van der Waals surface area (Å²) in [5.41, 5.74) is 0. The maximum atomic E-state index is 8.56. The van der Waals surface area contributed by atoms with Gasteiger partial charge in [-0.05, 0) is 0 Å². The van der Waals surface area contributed by atoms with Gasteiger partial charge in [0.1, 0.15) is 0 Å². The Hall–Kier alpha value is 0.0300. The van der Waals surface area contributed by atoms with Crippen molar-refractivity contribution in [2.24, 2.45) is 0 Å². The van der Waals surface area contributed by atoms with Crippen LogP contribution in [0.3, 0.4) is 0 Å². The molecule has 1 atom stereocenters. The lowest BCUT2D eigenvalue weighted by atomic mass is 11.0. The number of hydrogen-bond acceptors (Lipinski definition) is 3. The molecule has 5 heteroatoms. The van der Waals surface area contributed by atoms with E-state index in [-0.39, 0.29) is 0 Å². The first kappa shape index (κ1) is 7.03. The fraction of sp³-hybridized carbons (Fsp3) is 1.00. The van der Waals surface area contributed by atoms with Crippen LogP contribution in [-0.4, -0.2) is 26.4 Å². The van der Waals surface area contributed by atoms with Crippen molar-refractivity contribution >= 4 is 11.4 Å². The summed E-state index contributed by atoms with van der Waals surface area (Å²) in [6.07, 6.45) is 0. The van der Waals surface area contributed by atoms with Crippen LogP contribution in [0.1, 0.15) is 0 Å². The van der Waals surface area contributed by atoms with Crippen LogP contribution < -0.4 is 5.32 Å². The molecular weight excluding hydrogens is 118 g/mol. The van der Waals surface area contributed by atoms with Crippen LogP contribution in [0.15, 0.2) is 0 Å². The van der Waals surface area contributed by atoms with Gasteiger partial charge in [-0.15, -0.1) is 0 Å². The van der Waals surface area contributed by atoms with Crippen molar-refractivity contribution in [2.75, 3.05) is 13.1 Å². The van der Waals surface area contributed by atoms with Crippen LogP contribution in [0.4, 0.5) is 0 Å². The van der Waals surface area contributed by atoms with E-state index < -0.39 is 11.4 Å². The van der Waals surface area contributed by atoms with E-state index in [0.29, 0.717) is 0 Å². The predicted molar refractivity (Wildman–Crippen MR) is 24.4 cm³/mol. The van der Waals surface area contributed by atoms with Crippen LogP contribution in [0.2, 0.25) is 0 Å². The molecule has 7 heavy (non-hydrogen) atoms. The summed E-state index contributed by atoms with van der Waals surface area (Å²) in [6, 6.07) is 0. The molecule has 0 amide bonds. The van der Waals surface area contributed by atoms with E-state index in [1.54, 1.807) is 0 Å². The van der Waals surface area contributed by atoms with Crippen molar-refractivity contribution in [1.82, 2.24) is 5.32 Å². The van der Waals surface area contributed by atoms with Crippen LogP contribution in [0.25, 0.3) is 0 Å². The maximum Gasteiger partial charge on any atom is 0.0814 e. The van der Waals surface area contributed by atoms with Gasteiger partial charge in [0.25, 0.3) is 0 Å². The average molecular weight is 124 g/mol. The molecular formula is C2H6NO3S-. The lowest BCUT2D eigenvalue weighted by Crippen LogP contribution is -1.75. The highest BCUT2D eigenvalue weighted by Gasteiger charge is 1.91. The molecule has 0 aliphatic carbocycles. The second kappa shape index (κ2) is 4.20. The fourth-order valence-corrected chi connectivity index (χ4v) is 0. The van der Waals surface area contributed by atoms with Crippen molar-refractivity contribution in [1.29, 1.82) is 0 Å². The standard InChI is InChI=1S/C2H5N.H2O3S/c1-2-3-1;1-4(2)3/h3H,1-2H2;(H2,1,2,3)/p-1. The largest absolute Gasteiger partial charge is 0.750 e. The molecule has 1 aliphatic heterocycles. The highest BCUT2D eigenvalue weighted by Crippen LogP contribution is 1.65. The molecule has 1 rings (SSSR count). The minimum absolute atomic E-state index is 1.25. The molecule has 2 N–H and O–H groups in total. The molecule has 4 nitrogen and oxygen atoms in total. The molecule has 0 saturated carbocycles. The van der Waals surface area contributed by atoms with E-state index in [9.17, 15) is 0 Å². The van der Waals surface area contributed by atoms with Crippen molar-refractivity contribution in [3.8, 4) is 0 Å². The van der Waals surface area contributed by atoms with Gasteiger partial charge in [-0.3, -0.25) is 0 Å². The predicted octanol–water partition coefficient (Wildman–Crippen LogP) is -1.07. The van der Waals surface area contributed by atoms with Crippen molar-refractivity contribution in [3.05, 3.63) is 0 Å². The van der Waals surface area contributed by atoms with Gasteiger partial charge in [-0.25, -0.2) is 4.21 Å². The zero-order chi connectivity index (χ0) is 5.70. The van der Waals surface area contributed by atoms with E-state index in [0.717, 1.165) is 0 Å². The van der Waals surface area contributed by atoms with Gasteiger partial charge in [-0.2, -0.15) is 0 Å². The zero-order valence-corrected chi connectivity index (χ0v) is 4.40.